The number of benzene rings is 1. The fourth-order valence-corrected chi connectivity index (χ4v) is 8.52. The first-order valence-electron chi connectivity index (χ1n) is 22.9. The summed E-state index contributed by atoms with van der Waals surface area (Å²) in [5.41, 5.74) is 11.2. The standard InChI is InChI=1S/C44H68N10O12S2/c1-3-4-5-9-18-47-31(24-68)43(65)54-20-11-15-33(54)44(66)53-19-10-14-32(53)41(63)52-36(25(2)55)42(64)48-27(16-17-34(45)56)38(60)50-29(21-26-12-7-6-8-13-26)39(61)51-30(23-67)40(62)49-28(37(46)59)22-35(57)58/h6-8,12-13,25,27-33,36,47,55,67-68H,3-5,9-11,14-24H2,1-2H3,(H2,45,56)(H2,46,59)(H,48,64)(H,49,62)(H,50,60)(H,51,61)(H,52,63)(H,57,58)/t25-,27+,28+,29+,30+,31+,32+,33+,36+/m1/s1. The first-order chi connectivity index (χ1) is 32.3. The average Bonchev–Trinajstić information content (AvgIpc) is 4.00. The summed E-state index contributed by atoms with van der Waals surface area (Å²) in [6.07, 6.45) is 2.33. The van der Waals surface area contributed by atoms with E-state index in [1.165, 1.54) is 16.7 Å². The van der Waals surface area contributed by atoms with E-state index in [9.17, 15) is 53.1 Å². The van der Waals surface area contributed by atoms with Gasteiger partial charge in [0.25, 0.3) is 0 Å². The van der Waals surface area contributed by atoms with Crippen molar-refractivity contribution in [3.05, 3.63) is 35.9 Å². The van der Waals surface area contributed by atoms with Gasteiger partial charge < -0.3 is 63.4 Å². The van der Waals surface area contributed by atoms with Crippen LogP contribution in [0.4, 0.5) is 0 Å². The van der Waals surface area contributed by atoms with Crippen LogP contribution in [0, 0.1) is 0 Å². The van der Waals surface area contributed by atoms with Crippen LogP contribution in [0.1, 0.15) is 90.0 Å². The number of amides is 9. The molecule has 0 radical (unpaired) electrons. The van der Waals surface area contributed by atoms with Crippen molar-refractivity contribution in [2.45, 2.75) is 145 Å². The van der Waals surface area contributed by atoms with Gasteiger partial charge in [0.15, 0.2) is 0 Å². The van der Waals surface area contributed by atoms with Crippen LogP contribution in [0.5, 0.6) is 0 Å². The van der Waals surface area contributed by atoms with Gasteiger partial charge in [-0.2, -0.15) is 25.3 Å². The predicted molar refractivity (Wildman–Crippen MR) is 254 cm³/mol. The molecule has 68 heavy (non-hydrogen) atoms. The Labute approximate surface area is 406 Å². The van der Waals surface area contributed by atoms with Crippen LogP contribution < -0.4 is 43.4 Å². The molecule has 22 nitrogen and oxygen atoms in total. The monoisotopic (exact) mass is 992 g/mol. The maximum Gasteiger partial charge on any atom is 0.305 e. The van der Waals surface area contributed by atoms with Gasteiger partial charge in [-0.25, -0.2) is 0 Å². The summed E-state index contributed by atoms with van der Waals surface area (Å²) in [6, 6.07) is -1.93. The number of nitrogens with two attached hydrogens (primary N) is 2. The van der Waals surface area contributed by atoms with Gasteiger partial charge in [0.05, 0.1) is 18.6 Å². The summed E-state index contributed by atoms with van der Waals surface area (Å²) < 4.78 is 0. The lowest BCUT2D eigenvalue weighted by Gasteiger charge is -2.33. The molecule has 0 bridgehead atoms. The molecule has 3 rings (SSSR count). The number of primary amides is 2. The van der Waals surface area contributed by atoms with E-state index in [-0.39, 0.29) is 36.8 Å². The van der Waals surface area contributed by atoms with E-state index in [1.54, 1.807) is 30.3 Å². The number of hydrogen-bond acceptors (Lipinski definition) is 14. The number of hydrogen-bond donors (Lipinski definition) is 12. The lowest BCUT2D eigenvalue weighted by Crippen LogP contribution is -2.62. The van der Waals surface area contributed by atoms with Crippen LogP contribution in [0.15, 0.2) is 30.3 Å². The molecule has 9 atom stereocenters. The molecule has 2 heterocycles. The minimum absolute atomic E-state index is 0.166. The van der Waals surface area contributed by atoms with Crippen molar-refractivity contribution in [3.63, 3.8) is 0 Å². The Bertz CT molecular complexity index is 1930. The van der Waals surface area contributed by atoms with Crippen LogP contribution >= 0.6 is 25.3 Å². The summed E-state index contributed by atoms with van der Waals surface area (Å²) in [6.45, 7) is 4.52. The van der Waals surface area contributed by atoms with Gasteiger partial charge in [0, 0.05) is 37.4 Å². The highest BCUT2D eigenvalue weighted by Crippen LogP contribution is 2.26. The van der Waals surface area contributed by atoms with Crippen LogP contribution in [0.3, 0.4) is 0 Å². The molecule has 2 aliphatic heterocycles. The molecular weight excluding hydrogens is 925 g/mol. The van der Waals surface area contributed by atoms with Crippen LogP contribution in [0.2, 0.25) is 0 Å². The third-order valence-electron chi connectivity index (χ3n) is 11.7. The number of unbranched alkanes of at least 4 members (excludes halogenated alkanes) is 3. The normalized spacial score (nSPS) is 18.7. The highest BCUT2D eigenvalue weighted by atomic mass is 32.1. The predicted octanol–water partition coefficient (Wildman–Crippen LogP) is -2.36. The fourth-order valence-electron chi connectivity index (χ4n) is 7.98. The van der Waals surface area contributed by atoms with Gasteiger partial charge in [-0.3, -0.25) is 47.9 Å². The van der Waals surface area contributed by atoms with E-state index >= 15 is 0 Å². The van der Waals surface area contributed by atoms with E-state index in [2.05, 4.69) is 64.1 Å². The number of nitrogens with zero attached hydrogens (tertiary/aromatic N) is 2. The van der Waals surface area contributed by atoms with Crippen molar-refractivity contribution in [2.24, 2.45) is 11.5 Å². The van der Waals surface area contributed by atoms with Gasteiger partial charge in [-0.15, -0.1) is 0 Å². The third-order valence-corrected chi connectivity index (χ3v) is 12.4. The number of nitrogens with one attached hydrogen (secondary N) is 6. The maximum atomic E-state index is 14.1. The van der Waals surface area contributed by atoms with Crippen LogP contribution in [-0.4, -0.2) is 165 Å². The number of carboxylic acid groups (broad SMARTS) is 1. The molecular formula is C44H68N10O12S2. The Kier molecular flexibility index (Phi) is 24.1. The molecule has 9 amide bonds. The zero-order valence-corrected chi connectivity index (χ0v) is 40.3. The third kappa shape index (κ3) is 17.6. The Morgan fingerprint density at radius 2 is 1.29 bits per heavy atom. The number of aliphatic hydroxyl groups is 1. The summed E-state index contributed by atoms with van der Waals surface area (Å²) in [5.74, 6) is -8.95. The number of likely N-dealkylation sites (tertiary alicyclic amines) is 2. The van der Waals surface area contributed by atoms with Crippen molar-refractivity contribution < 1.29 is 58.2 Å². The molecule has 0 unspecified atom stereocenters. The molecule has 24 heteroatoms. The molecule has 0 aromatic heterocycles. The molecule has 1 aromatic carbocycles. The second-order valence-corrected chi connectivity index (χ2v) is 17.7. The zero-order chi connectivity index (χ0) is 50.5. The summed E-state index contributed by atoms with van der Waals surface area (Å²) in [7, 11) is 0. The molecule has 0 saturated carbocycles. The first-order valence-corrected chi connectivity index (χ1v) is 24.2. The molecule has 2 fully saturated rings. The van der Waals surface area contributed by atoms with E-state index < -0.39 is 127 Å². The fraction of sp³-hybridized carbons (Fsp3) is 0.636. The van der Waals surface area contributed by atoms with E-state index in [1.807, 2.05) is 0 Å². The Hall–Kier alpha value is -5.46. The summed E-state index contributed by atoms with van der Waals surface area (Å²) >= 11 is 8.50. The van der Waals surface area contributed by atoms with Gasteiger partial charge in [-0.1, -0.05) is 56.5 Å². The summed E-state index contributed by atoms with van der Waals surface area (Å²) in [5, 5.41) is 35.3. The van der Waals surface area contributed by atoms with Crippen molar-refractivity contribution in [3.8, 4) is 0 Å². The number of aliphatic carboxylic acids is 1. The number of carbonyl (C=O) groups excluding carboxylic acids is 9. The van der Waals surface area contributed by atoms with E-state index in [4.69, 9.17) is 16.6 Å². The van der Waals surface area contributed by atoms with Crippen LogP contribution in [0.25, 0.3) is 0 Å². The largest absolute Gasteiger partial charge is 0.481 e. The second kappa shape index (κ2) is 28.8. The van der Waals surface area contributed by atoms with Crippen molar-refractivity contribution >= 4 is 84.4 Å². The van der Waals surface area contributed by atoms with E-state index in [0.29, 0.717) is 37.9 Å². The highest BCUT2D eigenvalue weighted by molar-refractivity contribution is 7.80. The quantitative estimate of drug-likeness (QED) is 0.0296. The molecule has 1 aromatic rings. The minimum atomic E-state index is -1.68. The first kappa shape index (κ1) is 56.9. The molecule has 2 saturated heterocycles. The maximum absolute atomic E-state index is 14.1. The number of carboxylic acids is 1. The second-order valence-electron chi connectivity index (χ2n) is 17.0. The molecule has 0 spiro atoms. The smallest absolute Gasteiger partial charge is 0.305 e. The van der Waals surface area contributed by atoms with Gasteiger partial charge >= 0.3 is 5.97 Å². The van der Waals surface area contributed by atoms with Crippen molar-refractivity contribution in [1.29, 1.82) is 0 Å². The zero-order valence-electron chi connectivity index (χ0n) is 38.5. The van der Waals surface area contributed by atoms with Gasteiger partial charge in [-0.05, 0) is 57.6 Å². The average molecular weight is 993 g/mol. The number of rotatable bonds is 29. The van der Waals surface area contributed by atoms with E-state index in [0.717, 1.165) is 25.7 Å². The topological polar surface area (TPSA) is 342 Å². The van der Waals surface area contributed by atoms with Gasteiger partial charge in [0.1, 0.15) is 42.3 Å². The number of carbonyl (C=O) groups is 10. The van der Waals surface area contributed by atoms with Crippen molar-refractivity contribution in [2.75, 3.05) is 31.1 Å². The SMILES string of the molecule is CCCCCCN[C@@H](CS)C(=O)N1CCC[C@H]1C(=O)N1CCC[C@H]1C(=O)N[C@H](C(=O)N[C@@H](CCC(N)=O)C(=O)N[C@@H](Cc1ccccc1)C(=O)N[C@@H](CS)C(=O)N[C@@H](CC(=O)O)C(N)=O)[C@@H](C)O. The number of aliphatic hydroxyl groups excluding tert-OH is 1. The minimum Gasteiger partial charge on any atom is -0.481 e. The van der Waals surface area contributed by atoms with Crippen molar-refractivity contribution in [1.82, 2.24) is 41.7 Å². The molecule has 0 aliphatic carbocycles. The number of thiol groups is 2. The van der Waals surface area contributed by atoms with Crippen LogP contribution in [-0.2, 0) is 54.4 Å². The Morgan fingerprint density at radius 3 is 1.88 bits per heavy atom. The Balaban J connectivity index is 1.78. The lowest BCUT2D eigenvalue weighted by atomic mass is 10.0. The molecule has 2 aliphatic rings. The molecule has 378 valence electrons. The highest BCUT2D eigenvalue weighted by Gasteiger charge is 2.44. The molecule has 12 N–H and O–H groups in total. The Morgan fingerprint density at radius 1 is 0.721 bits per heavy atom. The lowest BCUT2D eigenvalue weighted by molar-refractivity contribution is -0.147. The van der Waals surface area contributed by atoms with Gasteiger partial charge in [0.2, 0.25) is 53.2 Å². The summed E-state index contributed by atoms with van der Waals surface area (Å²) in [4.78, 5) is 134.